The summed E-state index contributed by atoms with van der Waals surface area (Å²) in [5.74, 6) is -0.444. The average molecular weight is 211 g/mol. The average Bonchev–Trinajstić information content (AvgIpc) is 2.75. The normalized spacial score (nSPS) is 10.2. The van der Waals surface area contributed by atoms with Gasteiger partial charge in [-0.15, -0.1) is 22.7 Å². The van der Waals surface area contributed by atoms with Gasteiger partial charge in [0.15, 0.2) is 10.0 Å². The van der Waals surface area contributed by atoms with Crippen molar-refractivity contribution in [1.82, 2.24) is 9.97 Å². The number of primary amides is 1. The molecule has 2 N–H and O–H groups in total. The standard InChI is InChI=1S/C7H5N3OS2/c8-5(11)4-3-10-7(13-4)6-9-1-2-12-6/h1-3H,(H2,8,11). The molecular weight excluding hydrogens is 206 g/mol. The minimum atomic E-state index is -0.444. The third-order valence-electron chi connectivity index (χ3n) is 1.36. The van der Waals surface area contributed by atoms with Gasteiger partial charge in [-0.1, -0.05) is 0 Å². The molecule has 4 nitrogen and oxygen atoms in total. The number of nitrogens with two attached hydrogens (primary N) is 1. The molecule has 66 valence electrons. The van der Waals surface area contributed by atoms with E-state index in [2.05, 4.69) is 9.97 Å². The molecule has 0 aliphatic rings. The minimum absolute atomic E-state index is 0.444. The smallest absolute Gasteiger partial charge is 0.260 e. The molecule has 0 aromatic carbocycles. The Balaban J connectivity index is 2.39. The lowest BCUT2D eigenvalue weighted by molar-refractivity contribution is 0.100. The first-order valence-corrected chi connectivity index (χ1v) is 5.12. The first-order chi connectivity index (χ1) is 6.27. The van der Waals surface area contributed by atoms with Gasteiger partial charge in [-0.3, -0.25) is 4.79 Å². The van der Waals surface area contributed by atoms with Crippen LogP contribution in [0.2, 0.25) is 0 Å². The minimum Gasteiger partial charge on any atom is -0.365 e. The Morgan fingerprint density at radius 3 is 2.77 bits per heavy atom. The quantitative estimate of drug-likeness (QED) is 0.815. The van der Waals surface area contributed by atoms with Crippen LogP contribution in [-0.4, -0.2) is 15.9 Å². The van der Waals surface area contributed by atoms with E-state index >= 15 is 0 Å². The molecule has 0 fully saturated rings. The molecule has 0 bridgehead atoms. The van der Waals surface area contributed by atoms with Crippen molar-refractivity contribution >= 4 is 28.6 Å². The molecule has 0 spiro atoms. The molecule has 6 heteroatoms. The molecule has 2 aromatic rings. The summed E-state index contributed by atoms with van der Waals surface area (Å²) in [6.45, 7) is 0. The summed E-state index contributed by atoms with van der Waals surface area (Å²) in [6.07, 6.45) is 3.18. The SMILES string of the molecule is NC(=O)c1cnc(-c2nccs2)s1. The van der Waals surface area contributed by atoms with Gasteiger partial charge in [-0.25, -0.2) is 9.97 Å². The van der Waals surface area contributed by atoms with Crippen molar-refractivity contribution in [3.05, 3.63) is 22.7 Å². The Bertz CT molecular complexity index is 421. The van der Waals surface area contributed by atoms with Gasteiger partial charge in [0, 0.05) is 11.6 Å². The van der Waals surface area contributed by atoms with E-state index in [9.17, 15) is 4.79 Å². The van der Waals surface area contributed by atoms with Gasteiger partial charge in [-0.2, -0.15) is 0 Å². The number of hydrogen-bond acceptors (Lipinski definition) is 5. The third kappa shape index (κ3) is 1.58. The first kappa shape index (κ1) is 8.33. The van der Waals surface area contributed by atoms with Crippen LogP contribution in [0.5, 0.6) is 0 Å². The molecule has 13 heavy (non-hydrogen) atoms. The maximum Gasteiger partial charge on any atom is 0.260 e. The number of thiazole rings is 2. The van der Waals surface area contributed by atoms with Crippen molar-refractivity contribution in [2.75, 3.05) is 0 Å². The van der Waals surface area contributed by atoms with Crippen LogP contribution < -0.4 is 5.73 Å². The molecule has 1 amide bonds. The van der Waals surface area contributed by atoms with Crippen molar-refractivity contribution in [2.24, 2.45) is 5.73 Å². The van der Waals surface area contributed by atoms with Gasteiger partial charge >= 0.3 is 0 Å². The highest BCUT2D eigenvalue weighted by molar-refractivity contribution is 7.21. The highest BCUT2D eigenvalue weighted by Crippen LogP contribution is 2.26. The topological polar surface area (TPSA) is 68.9 Å². The fourth-order valence-electron chi connectivity index (χ4n) is 0.816. The molecule has 0 aliphatic heterocycles. The van der Waals surface area contributed by atoms with Crippen molar-refractivity contribution in [3.63, 3.8) is 0 Å². The van der Waals surface area contributed by atoms with E-state index in [1.165, 1.54) is 28.9 Å². The first-order valence-electron chi connectivity index (χ1n) is 3.43. The van der Waals surface area contributed by atoms with E-state index in [-0.39, 0.29) is 0 Å². The van der Waals surface area contributed by atoms with E-state index < -0.39 is 5.91 Å². The van der Waals surface area contributed by atoms with Crippen LogP contribution >= 0.6 is 22.7 Å². The zero-order valence-corrected chi connectivity index (χ0v) is 8.06. The van der Waals surface area contributed by atoms with Crippen molar-refractivity contribution in [2.45, 2.75) is 0 Å². The van der Waals surface area contributed by atoms with Crippen LogP contribution in [0, 0.1) is 0 Å². The summed E-state index contributed by atoms with van der Waals surface area (Å²) in [7, 11) is 0. The maximum absolute atomic E-state index is 10.8. The Kier molecular flexibility index (Phi) is 2.07. The highest BCUT2D eigenvalue weighted by Gasteiger charge is 2.09. The number of nitrogens with zero attached hydrogens (tertiary/aromatic N) is 2. The van der Waals surface area contributed by atoms with Gasteiger partial charge in [0.25, 0.3) is 5.91 Å². The summed E-state index contributed by atoms with van der Waals surface area (Å²) >= 11 is 2.75. The fraction of sp³-hybridized carbons (Fsp3) is 0. The van der Waals surface area contributed by atoms with Crippen LogP contribution in [-0.2, 0) is 0 Å². The second-order valence-electron chi connectivity index (χ2n) is 2.23. The number of carbonyl (C=O) groups excluding carboxylic acids is 1. The van der Waals surface area contributed by atoms with Crippen molar-refractivity contribution in [1.29, 1.82) is 0 Å². The monoisotopic (exact) mass is 211 g/mol. The van der Waals surface area contributed by atoms with E-state index in [4.69, 9.17) is 5.73 Å². The van der Waals surface area contributed by atoms with Crippen LogP contribution in [0.4, 0.5) is 0 Å². The van der Waals surface area contributed by atoms with Gasteiger partial charge in [0.1, 0.15) is 4.88 Å². The Labute approximate surface area is 82.1 Å². The van der Waals surface area contributed by atoms with Gasteiger partial charge < -0.3 is 5.73 Å². The van der Waals surface area contributed by atoms with Crippen LogP contribution in [0.1, 0.15) is 9.67 Å². The third-order valence-corrected chi connectivity index (χ3v) is 3.29. The molecule has 0 aliphatic carbocycles. The number of carbonyl (C=O) groups is 1. The lowest BCUT2D eigenvalue weighted by atomic mass is 10.5. The summed E-state index contributed by atoms with van der Waals surface area (Å²) in [5.41, 5.74) is 5.09. The summed E-state index contributed by atoms with van der Waals surface area (Å²) in [4.78, 5) is 19.3. The Morgan fingerprint density at radius 1 is 1.38 bits per heavy atom. The highest BCUT2D eigenvalue weighted by atomic mass is 32.1. The van der Waals surface area contributed by atoms with Gasteiger partial charge in [0.05, 0.1) is 6.20 Å². The molecule has 2 heterocycles. The fourth-order valence-corrected chi connectivity index (χ4v) is 2.27. The Morgan fingerprint density at radius 2 is 2.23 bits per heavy atom. The van der Waals surface area contributed by atoms with Gasteiger partial charge in [0.2, 0.25) is 0 Å². The van der Waals surface area contributed by atoms with E-state index in [1.807, 2.05) is 5.38 Å². The molecule has 2 rings (SSSR count). The number of aromatic nitrogens is 2. The zero-order valence-electron chi connectivity index (χ0n) is 6.43. The summed E-state index contributed by atoms with van der Waals surface area (Å²) < 4.78 is 0. The number of amides is 1. The molecule has 2 aromatic heterocycles. The van der Waals surface area contributed by atoms with Crippen LogP contribution in [0.25, 0.3) is 10.0 Å². The van der Waals surface area contributed by atoms with Crippen molar-refractivity contribution < 1.29 is 4.79 Å². The number of rotatable bonds is 2. The van der Waals surface area contributed by atoms with E-state index in [1.54, 1.807) is 6.20 Å². The predicted octanol–water partition coefficient (Wildman–Crippen LogP) is 1.37. The second-order valence-corrected chi connectivity index (χ2v) is 4.16. The molecule has 0 saturated carbocycles. The molecule has 0 unspecified atom stereocenters. The maximum atomic E-state index is 10.8. The largest absolute Gasteiger partial charge is 0.365 e. The molecule has 0 saturated heterocycles. The molecule has 0 radical (unpaired) electrons. The predicted molar refractivity (Wildman–Crippen MR) is 51.7 cm³/mol. The number of hydrogen-bond donors (Lipinski definition) is 1. The van der Waals surface area contributed by atoms with Crippen LogP contribution in [0.15, 0.2) is 17.8 Å². The van der Waals surface area contributed by atoms with Gasteiger partial charge in [-0.05, 0) is 0 Å². The molecular formula is C7H5N3OS2. The van der Waals surface area contributed by atoms with Crippen molar-refractivity contribution in [3.8, 4) is 10.0 Å². The zero-order chi connectivity index (χ0) is 9.26. The molecule has 0 atom stereocenters. The summed E-state index contributed by atoms with van der Waals surface area (Å²) in [6, 6.07) is 0. The Hall–Kier alpha value is -1.27. The summed E-state index contributed by atoms with van der Waals surface area (Å²) in [5, 5.41) is 3.42. The van der Waals surface area contributed by atoms with E-state index in [0.717, 1.165) is 10.0 Å². The second kappa shape index (κ2) is 3.23. The van der Waals surface area contributed by atoms with Crippen LogP contribution in [0.3, 0.4) is 0 Å². The lowest BCUT2D eigenvalue weighted by Gasteiger charge is -1.84. The lowest BCUT2D eigenvalue weighted by Crippen LogP contribution is -2.08. The van der Waals surface area contributed by atoms with E-state index in [0.29, 0.717) is 4.88 Å².